The third-order valence-electron chi connectivity index (χ3n) is 1.98. The van der Waals surface area contributed by atoms with E-state index in [-0.39, 0.29) is 0 Å². The van der Waals surface area contributed by atoms with Crippen molar-refractivity contribution in [1.29, 1.82) is 0 Å². The first-order chi connectivity index (χ1) is 8.16. The van der Waals surface area contributed by atoms with Crippen molar-refractivity contribution in [2.24, 2.45) is 0 Å². The molecule has 0 aromatic carbocycles. The molecule has 0 saturated carbocycles. The van der Waals surface area contributed by atoms with Gasteiger partial charge in [0, 0.05) is 18.1 Å². The topological polar surface area (TPSA) is 44.0 Å². The number of carbonyl (C=O) groups excluding carboxylic acids is 1. The van der Waals surface area contributed by atoms with Gasteiger partial charge >= 0.3 is 0 Å². The Bertz CT molecular complexity index is 316. The molecule has 0 atom stereocenters. The van der Waals surface area contributed by atoms with Gasteiger partial charge in [-0.15, -0.1) is 0 Å². The summed E-state index contributed by atoms with van der Waals surface area (Å²) in [5.41, 5.74) is 0. The van der Waals surface area contributed by atoms with Gasteiger partial charge in [0.05, 0.1) is 0 Å². The minimum absolute atomic E-state index is 0.972. The summed E-state index contributed by atoms with van der Waals surface area (Å²) >= 11 is 0. The molecule has 0 aliphatic carbocycles. The molecule has 0 saturated heterocycles. The van der Waals surface area contributed by atoms with Gasteiger partial charge in [0.15, 0.2) is 18.9 Å². The molecule has 3 nitrogen and oxygen atoms in total. The van der Waals surface area contributed by atoms with Gasteiger partial charge in [0.25, 0.3) is 0 Å². The van der Waals surface area contributed by atoms with Crippen LogP contribution in [0.25, 0.3) is 0 Å². The molecule has 3 heteroatoms. The number of hydrogen-bond acceptors (Lipinski definition) is 2. The maximum Gasteiger partial charge on any atom is 0.169 e. The highest BCUT2D eigenvalue weighted by atomic mass is 16.4. The van der Waals surface area contributed by atoms with Gasteiger partial charge in [-0.2, -0.15) is 0 Å². The van der Waals surface area contributed by atoms with Crippen molar-refractivity contribution in [3.63, 3.8) is 0 Å². The normalized spacial score (nSPS) is 9.76. The van der Waals surface area contributed by atoms with Crippen LogP contribution in [0, 0.1) is 0 Å². The summed E-state index contributed by atoms with van der Waals surface area (Å²) in [7, 11) is 0. The number of pyridine rings is 1. The van der Waals surface area contributed by atoms with Gasteiger partial charge in [-0.05, 0) is 19.4 Å². The molecule has 0 N–H and O–H groups in total. The SMILES string of the molecule is CC(=O)[O-].CCCCC=CC[n+]1ccccc1. The van der Waals surface area contributed by atoms with E-state index in [1.165, 1.54) is 19.3 Å². The zero-order valence-electron chi connectivity index (χ0n) is 10.6. The average molecular weight is 235 g/mol. The zero-order valence-corrected chi connectivity index (χ0v) is 10.6. The molecular formula is C14H21NO2. The van der Waals surface area contributed by atoms with E-state index in [0.717, 1.165) is 13.5 Å². The predicted octanol–water partition coefficient (Wildman–Crippen LogP) is 1.48. The van der Waals surface area contributed by atoms with Crippen LogP contribution < -0.4 is 9.67 Å². The number of hydrogen-bond donors (Lipinski definition) is 0. The number of allylic oxidation sites excluding steroid dienone is 2. The molecular weight excluding hydrogens is 214 g/mol. The number of carbonyl (C=O) groups is 1. The highest BCUT2D eigenvalue weighted by Crippen LogP contribution is 1.94. The Morgan fingerprint density at radius 2 is 1.82 bits per heavy atom. The lowest BCUT2D eigenvalue weighted by atomic mass is 10.2. The first kappa shape index (κ1) is 15.4. The molecule has 0 amide bonds. The number of aliphatic carboxylic acids is 1. The van der Waals surface area contributed by atoms with Crippen LogP contribution in [0.15, 0.2) is 42.7 Å². The summed E-state index contributed by atoms with van der Waals surface area (Å²) in [6, 6.07) is 6.15. The maximum absolute atomic E-state index is 8.89. The molecule has 1 aromatic heterocycles. The lowest BCUT2D eigenvalue weighted by Crippen LogP contribution is -2.30. The Hall–Kier alpha value is -1.64. The Balaban J connectivity index is 0.000000557. The van der Waals surface area contributed by atoms with Gasteiger partial charge in [-0.1, -0.05) is 31.9 Å². The molecule has 1 aromatic rings. The molecule has 1 rings (SSSR count). The van der Waals surface area contributed by atoms with Crippen LogP contribution in [0.2, 0.25) is 0 Å². The zero-order chi connectivity index (χ0) is 12.9. The van der Waals surface area contributed by atoms with Crippen LogP contribution in [0.1, 0.15) is 33.1 Å². The van der Waals surface area contributed by atoms with Gasteiger partial charge in [-0.25, -0.2) is 4.57 Å². The Labute approximate surface area is 103 Å². The van der Waals surface area contributed by atoms with Crippen molar-refractivity contribution in [1.82, 2.24) is 0 Å². The number of rotatable bonds is 5. The molecule has 0 aliphatic rings. The number of nitrogens with zero attached hydrogens (tertiary/aromatic N) is 1. The first-order valence-electron chi connectivity index (χ1n) is 5.93. The Morgan fingerprint density at radius 1 is 1.24 bits per heavy atom. The summed E-state index contributed by atoms with van der Waals surface area (Å²) in [6.07, 6.45) is 12.5. The van der Waals surface area contributed by atoms with E-state index in [9.17, 15) is 0 Å². The van der Waals surface area contributed by atoms with Crippen LogP contribution >= 0.6 is 0 Å². The van der Waals surface area contributed by atoms with E-state index in [1.807, 2.05) is 6.07 Å². The summed E-state index contributed by atoms with van der Waals surface area (Å²) in [4.78, 5) is 8.89. The van der Waals surface area contributed by atoms with Gasteiger partial charge in [0.1, 0.15) is 0 Å². The van der Waals surface area contributed by atoms with E-state index in [0.29, 0.717) is 0 Å². The minimum atomic E-state index is -1.08. The highest BCUT2D eigenvalue weighted by molar-refractivity contribution is 5.60. The van der Waals surface area contributed by atoms with E-state index in [1.54, 1.807) is 0 Å². The van der Waals surface area contributed by atoms with Gasteiger partial charge in [-0.3, -0.25) is 0 Å². The van der Waals surface area contributed by atoms with Crippen molar-refractivity contribution in [3.8, 4) is 0 Å². The molecule has 0 radical (unpaired) electrons. The lowest BCUT2D eigenvalue weighted by molar-refractivity contribution is -0.687. The number of unbranched alkanes of at least 4 members (excludes halogenated alkanes) is 2. The van der Waals surface area contributed by atoms with E-state index < -0.39 is 5.97 Å². The second-order valence-electron chi connectivity index (χ2n) is 3.68. The fourth-order valence-electron chi connectivity index (χ4n) is 1.19. The molecule has 94 valence electrons. The summed E-state index contributed by atoms with van der Waals surface area (Å²) in [5, 5.41) is 8.89. The molecule has 0 unspecified atom stereocenters. The molecule has 0 aliphatic heterocycles. The summed E-state index contributed by atoms with van der Waals surface area (Å²) in [5.74, 6) is -1.08. The summed E-state index contributed by atoms with van der Waals surface area (Å²) < 4.78 is 2.17. The third-order valence-corrected chi connectivity index (χ3v) is 1.98. The standard InChI is InChI=1S/C12H18N.C2H4O2/c1-2-3-4-5-7-10-13-11-8-6-9-12-13;1-2(3)4/h5-9,11-12H,2-4,10H2,1H3;1H3,(H,3,4)/q+1;/p-1. The van der Waals surface area contributed by atoms with E-state index in [2.05, 4.69) is 48.2 Å². The van der Waals surface area contributed by atoms with Crippen LogP contribution in [0.4, 0.5) is 0 Å². The lowest BCUT2D eigenvalue weighted by Gasteiger charge is -1.90. The molecule has 0 bridgehead atoms. The smallest absolute Gasteiger partial charge is 0.169 e. The number of aromatic nitrogens is 1. The largest absolute Gasteiger partial charge is 0.550 e. The van der Waals surface area contributed by atoms with Crippen LogP contribution in [0.5, 0.6) is 0 Å². The third kappa shape index (κ3) is 12.3. The van der Waals surface area contributed by atoms with Gasteiger partial charge in [0.2, 0.25) is 0 Å². The number of carboxylic acid groups (broad SMARTS) is 1. The Kier molecular flexibility index (Phi) is 9.82. The highest BCUT2D eigenvalue weighted by Gasteiger charge is 1.90. The van der Waals surface area contributed by atoms with E-state index >= 15 is 0 Å². The summed E-state index contributed by atoms with van der Waals surface area (Å²) in [6.45, 7) is 4.18. The van der Waals surface area contributed by atoms with Crippen molar-refractivity contribution in [3.05, 3.63) is 42.7 Å². The maximum atomic E-state index is 8.89. The quantitative estimate of drug-likeness (QED) is 0.441. The molecule has 1 heterocycles. The van der Waals surface area contributed by atoms with Crippen molar-refractivity contribution in [2.75, 3.05) is 0 Å². The monoisotopic (exact) mass is 235 g/mol. The van der Waals surface area contributed by atoms with Crippen molar-refractivity contribution >= 4 is 5.97 Å². The molecule has 17 heavy (non-hydrogen) atoms. The molecule has 0 spiro atoms. The van der Waals surface area contributed by atoms with Crippen LogP contribution in [-0.4, -0.2) is 5.97 Å². The Morgan fingerprint density at radius 3 is 2.35 bits per heavy atom. The van der Waals surface area contributed by atoms with Gasteiger partial charge < -0.3 is 9.90 Å². The van der Waals surface area contributed by atoms with Crippen molar-refractivity contribution < 1.29 is 14.5 Å². The predicted molar refractivity (Wildman–Crippen MR) is 66.0 cm³/mol. The molecule has 0 fully saturated rings. The van der Waals surface area contributed by atoms with Crippen LogP contribution in [-0.2, 0) is 11.3 Å². The fraction of sp³-hybridized carbons (Fsp3) is 0.429. The second kappa shape index (κ2) is 10.9. The minimum Gasteiger partial charge on any atom is -0.550 e. The fourth-order valence-corrected chi connectivity index (χ4v) is 1.19. The van der Waals surface area contributed by atoms with E-state index in [4.69, 9.17) is 9.90 Å². The first-order valence-corrected chi connectivity index (χ1v) is 5.93. The van der Waals surface area contributed by atoms with Crippen molar-refractivity contribution in [2.45, 2.75) is 39.7 Å². The number of carboxylic acids is 1. The average Bonchev–Trinajstić information content (AvgIpc) is 2.29. The second-order valence-corrected chi connectivity index (χ2v) is 3.68. The van der Waals surface area contributed by atoms with Crippen LogP contribution in [0.3, 0.4) is 0 Å².